The number of amides is 1. The van der Waals surface area contributed by atoms with E-state index >= 15 is 0 Å². The highest BCUT2D eigenvalue weighted by molar-refractivity contribution is 6.30. The summed E-state index contributed by atoms with van der Waals surface area (Å²) in [7, 11) is 0. The molecule has 2 N–H and O–H groups in total. The van der Waals surface area contributed by atoms with Crippen LogP contribution in [0.5, 0.6) is 11.5 Å². The van der Waals surface area contributed by atoms with Crippen LogP contribution in [0.3, 0.4) is 0 Å². The number of H-pyrrole nitrogens is 1. The van der Waals surface area contributed by atoms with Crippen LogP contribution in [-0.4, -0.2) is 56.4 Å². The number of aromatic nitrogens is 4. The van der Waals surface area contributed by atoms with E-state index in [-0.39, 0.29) is 17.9 Å². The second-order valence-electron chi connectivity index (χ2n) is 14.1. The van der Waals surface area contributed by atoms with Crippen molar-refractivity contribution >= 4 is 45.1 Å². The summed E-state index contributed by atoms with van der Waals surface area (Å²) in [5.74, 6) is 0.605. The number of fused-ring (bicyclic) bond motifs is 3. The molecule has 2 unspecified atom stereocenters. The number of likely N-dealkylation sites (tertiary alicyclic amines) is 1. The van der Waals surface area contributed by atoms with Crippen LogP contribution in [0.2, 0.25) is 5.02 Å². The quantitative estimate of drug-likeness (QED) is 0.164. The Balaban J connectivity index is 0.908. The summed E-state index contributed by atoms with van der Waals surface area (Å²) in [6.07, 6.45) is 3.05. The lowest BCUT2D eigenvalue weighted by molar-refractivity contribution is -0.0712. The third kappa shape index (κ3) is 5.96. The van der Waals surface area contributed by atoms with Gasteiger partial charge in [-0.2, -0.15) is 5.10 Å². The molecule has 9 rings (SSSR count). The summed E-state index contributed by atoms with van der Waals surface area (Å²) in [6, 6.07) is 22.0. The molecule has 5 heterocycles. The molecule has 12 heteroatoms. The van der Waals surface area contributed by atoms with Crippen molar-refractivity contribution in [2.45, 2.75) is 64.0 Å². The van der Waals surface area contributed by atoms with E-state index in [4.69, 9.17) is 30.8 Å². The molecule has 0 aliphatic carbocycles. The molecule has 2 fully saturated rings. The number of piperidine rings is 1. The number of para-hydroxylation sites is 1. The minimum atomic E-state index is -1.28. The van der Waals surface area contributed by atoms with Crippen molar-refractivity contribution in [1.82, 2.24) is 24.6 Å². The molecule has 2 aromatic heterocycles. The van der Waals surface area contributed by atoms with E-state index in [1.54, 1.807) is 25.1 Å². The Morgan fingerprint density at radius 1 is 1.06 bits per heavy atom. The fourth-order valence-electron chi connectivity index (χ4n) is 7.74. The Bertz CT molecular complexity index is 2350. The fourth-order valence-corrected chi connectivity index (χ4v) is 7.90. The van der Waals surface area contributed by atoms with Gasteiger partial charge in [0.2, 0.25) is 0 Å². The van der Waals surface area contributed by atoms with Gasteiger partial charge in [-0.3, -0.25) is 14.8 Å². The predicted molar refractivity (Wildman–Crippen MR) is 197 cm³/mol. The number of benzene rings is 4. The molecule has 6 aromatic rings. The number of imidazole rings is 1. The van der Waals surface area contributed by atoms with Crippen LogP contribution < -0.4 is 14.8 Å². The number of rotatable bonds is 8. The van der Waals surface area contributed by atoms with Gasteiger partial charge < -0.3 is 24.1 Å². The topological polar surface area (TPSA) is 107 Å². The van der Waals surface area contributed by atoms with Crippen molar-refractivity contribution in [3.05, 3.63) is 112 Å². The molecule has 3 aliphatic heterocycles. The SMILES string of the molecule is Cc1n[nH]c2ccc(C(=O)Nc3ccc4c(c3)nc(CN3CCC(c5cccc6c5OC(C)(c5ccc(Cl)cc5F)O6)CC3)n4CC3CCO3)cc12. The lowest BCUT2D eigenvalue weighted by Gasteiger charge is -2.33. The van der Waals surface area contributed by atoms with Gasteiger partial charge in [0.05, 0.1) is 47.0 Å². The van der Waals surface area contributed by atoms with E-state index in [1.165, 1.54) is 6.07 Å². The first-order valence-electron chi connectivity index (χ1n) is 17.8. The highest BCUT2D eigenvalue weighted by atomic mass is 35.5. The van der Waals surface area contributed by atoms with Gasteiger partial charge in [-0.15, -0.1) is 0 Å². The average Bonchev–Trinajstić information content (AvgIpc) is 3.78. The normalized spacial score (nSPS) is 20.4. The summed E-state index contributed by atoms with van der Waals surface area (Å²) in [6.45, 7) is 7.63. The zero-order valence-corrected chi connectivity index (χ0v) is 29.7. The lowest BCUT2D eigenvalue weighted by atomic mass is 9.88. The van der Waals surface area contributed by atoms with Crippen LogP contribution in [0, 0.1) is 12.7 Å². The predicted octanol–water partition coefficient (Wildman–Crippen LogP) is 8.08. The number of aromatic amines is 1. The van der Waals surface area contributed by atoms with E-state index < -0.39 is 11.6 Å². The number of carbonyl (C=O) groups excluding carboxylic acids is 1. The molecule has 1 amide bonds. The van der Waals surface area contributed by atoms with Crippen molar-refractivity contribution in [3.8, 4) is 11.5 Å². The number of anilines is 1. The van der Waals surface area contributed by atoms with Crippen molar-refractivity contribution in [1.29, 1.82) is 0 Å². The van der Waals surface area contributed by atoms with Crippen LogP contribution in [-0.2, 0) is 23.6 Å². The van der Waals surface area contributed by atoms with Gasteiger partial charge in [0, 0.05) is 40.8 Å². The lowest BCUT2D eigenvalue weighted by Crippen LogP contribution is -2.35. The Labute approximate surface area is 304 Å². The minimum Gasteiger partial charge on any atom is -0.444 e. The van der Waals surface area contributed by atoms with E-state index in [0.29, 0.717) is 39.9 Å². The fraction of sp³-hybridized carbons (Fsp3) is 0.325. The van der Waals surface area contributed by atoms with Crippen molar-refractivity contribution in [3.63, 3.8) is 0 Å². The van der Waals surface area contributed by atoms with E-state index in [9.17, 15) is 9.18 Å². The average molecular weight is 721 g/mol. The monoisotopic (exact) mass is 720 g/mol. The third-order valence-corrected chi connectivity index (χ3v) is 10.9. The van der Waals surface area contributed by atoms with Gasteiger partial charge in [0.25, 0.3) is 11.7 Å². The first kappa shape index (κ1) is 32.9. The molecule has 266 valence electrons. The number of nitrogens with zero attached hydrogens (tertiary/aromatic N) is 4. The van der Waals surface area contributed by atoms with Gasteiger partial charge in [-0.05, 0) is 106 Å². The van der Waals surface area contributed by atoms with Crippen molar-refractivity contribution in [2.75, 3.05) is 25.0 Å². The first-order chi connectivity index (χ1) is 25.2. The Morgan fingerprint density at radius 2 is 1.90 bits per heavy atom. The number of aryl methyl sites for hydroxylation is 1. The van der Waals surface area contributed by atoms with Gasteiger partial charge in [-0.25, -0.2) is 9.37 Å². The Kier molecular flexibility index (Phi) is 8.17. The Hall–Kier alpha value is -4.97. The van der Waals surface area contributed by atoms with Crippen molar-refractivity contribution in [2.24, 2.45) is 0 Å². The highest BCUT2D eigenvalue weighted by Crippen LogP contribution is 2.50. The number of carbonyl (C=O) groups is 1. The zero-order valence-electron chi connectivity index (χ0n) is 28.9. The van der Waals surface area contributed by atoms with Crippen LogP contribution in [0.15, 0.2) is 72.8 Å². The number of hydrogen-bond acceptors (Lipinski definition) is 7. The molecule has 0 spiro atoms. The Morgan fingerprint density at radius 3 is 2.69 bits per heavy atom. The minimum absolute atomic E-state index is 0.164. The molecule has 52 heavy (non-hydrogen) atoms. The molecule has 0 radical (unpaired) electrons. The molecule has 3 aliphatic rings. The number of ether oxygens (including phenoxy) is 3. The molecule has 10 nitrogen and oxygen atoms in total. The molecule has 0 saturated carbocycles. The summed E-state index contributed by atoms with van der Waals surface area (Å²) in [4.78, 5) is 20.8. The third-order valence-electron chi connectivity index (χ3n) is 10.7. The smallest absolute Gasteiger partial charge is 0.278 e. The number of halogens is 2. The van der Waals surface area contributed by atoms with Crippen molar-refractivity contribution < 1.29 is 23.4 Å². The second kappa shape index (κ2) is 12.9. The van der Waals surface area contributed by atoms with Gasteiger partial charge in [0.1, 0.15) is 11.6 Å². The van der Waals surface area contributed by atoms with Gasteiger partial charge >= 0.3 is 0 Å². The van der Waals surface area contributed by atoms with Crippen LogP contribution in [0.4, 0.5) is 10.1 Å². The van der Waals surface area contributed by atoms with E-state index in [2.05, 4.69) is 31.0 Å². The maximum absolute atomic E-state index is 14.9. The van der Waals surface area contributed by atoms with Gasteiger partial charge in [0.15, 0.2) is 11.5 Å². The summed E-state index contributed by atoms with van der Waals surface area (Å²) in [5.41, 5.74) is 6.25. The van der Waals surface area contributed by atoms with Crippen LogP contribution in [0.25, 0.3) is 21.9 Å². The largest absolute Gasteiger partial charge is 0.444 e. The van der Waals surface area contributed by atoms with E-state index in [0.717, 1.165) is 84.5 Å². The standard InChI is InChI=1S/C40H38ClFN6O4/c1-23-30-18-25(6-10-33(30)46-45-23)39(49)43-27-8-11-35-34(20-27)44-37(48(35)21-28-14-17-50-28)22-47-15-12-24(13-16-47)29-4-3-5-36-38(29)52-40(2,51-36)31-9-7-26(41)19-32(31)42/h3-11,18-20,24,28H,12-17,21-22H2,1-2H3,(H,43,49)(H,45,46). The maximum Gasteiger partial charge on any atom is 0.278 e. The first-order valence-corrected chi connectivity index (χ1v) is 18.1. The zero-order chi connectivity index (χ0) is 35.6. The van der Waals surface area contributed by atoms with Gasteiger partial charge in [-0.1, -0.05) is 23.7 Å². The molecule has 2 saturated heterocycles. The number of hydrogen-bond donors (Lipinski definition) is 2. The second-order valence-corrected chi connectivity index (χ2v) is 14.6. The summed E-state index contributed by atoms with van der Waals surface area (Å²) < 4.78 is 35.7. The highest BCUT2D eigenvalue weighted by Gasteiger charge is 2.43. The molecule has 0 bridgehead atoms. The summed E-state index contributed by atoms with van der Waals surface area (Å²) in [5, 5.41) is 11.5. The molecule has 4 aromatic carbocycles. The molecule has 2 atom stereocenters. The molecular weight excluding hydrogens is 683 g/mol. The maximum atomic E-state index is 14.9. The number of nitrogens with one attached hydrogen (secondary N) is 2. The van der Waals surface area contributed by atoms with Crippen LogP contribution in [0.1, 0.15) is 65.1 Å². The summed E-state index contributed by atoms with van der Waals surface area (Å²) >= 11 is 6.01. The molecular formula is C40H38ClFN6O4. The van der Waals surface area contributed by atoms with E-state index in [1.807, 2.05) is 49.4 Å². The van der Waals surface area contributed by atoms with Crippen LogP contribution >= 0.6 is 11.6 Å².